The summed E-state index contributed by atoms with van der Waals surface area (Å²) in [6, 6.07) is 0. The van der Waals surface area contributed by atoms with Crippen molar-refractivity contribution in [3.63, 3.8) is 0 Å². The molecule has 0 saturated heterocycles. The largest absolute Gasteiger partial charge is 0.514 e. The third-order valence-electron chi connectivity index (χ3n) is 0.447. The van der Waals surface area contributed by atoms with Crippen molar-refractivity contribution in [2.24, 2.45) is 5.73 Å². The Hall–Kier alpha value is -0.740. The van der Waals surface area contributed by atoms with E-state index in [-0.39, 0.29) is 5.70 Å². The van der Waals surface area contributed by atoms with Crippen molar-refractivity contribution < 1.29 is 15.3 Å². The molecule has 0 bridgehead atoms. The monoisotopic (exact) mass is 105 g/mol. The molecule has 0 spiro atoms. The SMILES string of the molecule is N/C(=C/O)C(O)O. The van der Waals surface area contributed by atoms with Crippen LogP contribution in [0.3, 0.4) is 0 Å². The molecule has 0 unspecified atom stereocenters. The number of hydrogen-bond acceptors (Lipinski definition) is 4. The van der Waals surface area contributed by atoms with E-state index in [9.17, 15) is 0 Å². The van der Waals surface area contributed by atoms with Gasteiger partial charge in [-0.05, 0) is 0 Å². The van der Waals surface area contributed by atoms with Gasteiger partial charge in [0.15, 0.2) is 6.29 Å². The predicted molar refractivity (Wildman–Crippen MR) is 23.1 cm³/mol. The highest BCUT2D eigenvalue weighted by Crippen LogP contribution is 1.84. The summed E-state index contributed by atoms with van der Waals surface area (Å²) in [6.07, 6.45) is -1.31. The Bertz CT molecular complexity index is 78.2. The van der Waals surface area contributed by atoms with E-state index in [0.29, 0.717) is 6.26 Å². The molecule has 0 fully saturated rings. The second-order valence-electron chi connectivity index (χ2n) is 1.00. The molecular weight excluding hydrogens is 98.0 g/mol. The fourth-order valence-electron chi connectivity index (χ4n) is 0.0667. The lowest BCUT2D eigenvalue weighted by Gasteiger charge is -1.97. The molecule has 7 heavy (non-hydrogen) atoms. The minimum Gasteiger partial charge on any atom is -0.514 e. The molecule has 0 amide bonds. The lowest BCUT2D eigenvalue weighted by molar-refractivity contribution is -0.0105. The van der Waals surface area contributed by atoms with Gasteiger partial charge >= 0.3 is 0 Å². The van der Waals surface area contributed by atoms with Crippen LogP contribution in [0.25, 0.3) is 0 Å². The zero-order valence-electron chi connectivity index (χ0n) is 3.57. The number of aliphatic hydroxyl groups is 3. The van der Waals surface area contributed by atoms with E-state index in [2.05, 4.69) is 0 Å². The summed E-state index contributed by atoms with van der Waals surface area (Å²) in [5.41, 5.74) is 4.37. The molecule has 0 heterocycles. The van der Waals surface area contributed by atoms with Gasteiger partial charge in [-0.15, -0.1) is 0 Å². The van der Waals surface area contributed by atoms with Gasteiger partial charge in [-0.3, -0.25) is 0 Å². The van der Waals surface area contributed by atoms with Gasteiger partial charge in [0.2, 0.25) is 0 Å². The van der Waals surface area contributed by atoms with Crippen LogP contribution in [0.4, 0.5) is 0 Å². The minimum atomic E-state index is -1.75. The van der Waals surface area contributed by atoms with Gasteiger partial charge in [-0.2, -0.15) is 0 Å². The first kappa shape index (κ1) is 6.26. The van der Waals surface area contributed by atoms with E-state index in [4.69, 9.17) is 21.1 Å². The van der Waals surface area contributed by atoms with Crippen LogP contribution in [0.1, 0.15) is 0 Å². The average Bonchev–Trinajstić information content (AvgIpc) is 1.65. The Morgan fingerprint density at radius 1 is 1.57 bits per heavy atom. The first-order valence-corrected chi connectivity index (χ1v) is 1.64. The van der Waals surface area contributed by atoms with Crippen LogP contribution in [0.2, 0.25) is 0 Å². The zero-order chi connectivity index (χ0) is 5.86. The fraction of sp³-hybridized carbons (Fsp3) is 0.333. The third-order valence-corrected chi connectivity index (χ3v) is 0.447. The summed E-state index contributed by atoms with van der Waals surface area (Å²) in [4.78, 5) is 0. The molecule has 0 atom stereocenters. The quantitative estimate of drug-likeness (QED) is 0.245. The summed E-state index contributed by atoms with van der Waals surface area (Å²) in [5.74, 6) is 0. The van der Waals surface area contributed by atoms with Crippen LogP contribution in [-0.2, 0) is 0 Å². The second-order valence-corrected chi connectivity index (χ2v) is 1.00. The van der Waals surface area contributed by atoms with Crippen molar-refractivity contribution in [3.8, 4) is 0 Å². The van der Waals surface area contributed by atoms with Crippen molar-refractivity contribution in [2.45, 2.75) is 6.29 Å². The fourth-order valence-corrected chi connectivity index (χ4v) is 0.0667. The molecule has 0 aliphatic rings. The number of hydrogen-bond donors (Lipinski definition) is 4. The first-order chi connectivity index (χ1) is 3.18. The Kier molecular flexibility index (Phi) is 2.18. The van der Waals surface area contributed by atoms with Crippen LogP contribution >= 0.6 is 0 Å². The Morgan fingerprint density at radius 2 is 2.00 bits per heavy atom. The molecule has 0 aliphatic heterocycles. The third kappa shape index (κ3) is 2.02. The van der Waals surface area contributed by atoms with Gasteiger partial charge in [-0.1, -0.05) is 0 Å². The van der Waals surface area contributed by atoms with Crippen LogP contribution in [-0.4, -0.2) is 21.6 Å². The minimum absolute atomic E-state index is 0.361. The van der Waals surface area contributed by atoms with E-state index in [1.54, 1.807) is 0 Å². The summed E-state index contributed by atoms with van der Waals surface area (Å²) in [6.45, 7) is 0. The average molecular weight is 105 g/mol. The van der Waals surface area contributed by atoms with Crippen molar-refractivity contribution >= 4 is 0 Å². The second kappa shape index (κ2) is 2.44. The molecular formula is C3H7NO3. The summed E-state index contributed by atoms with van der Waals surface area (Å²) < 4.78 is 0. The topological polar surface area (TPSA) is 86.7 Å². The van der Waals surface area contributed by atoms with Gasteiger partial charge in [-0.25, -0.2) is 0 Å². The molecule has 4 heteroatoms. The first-order valence-electron chi connectivity index (χ1n) is 1.64. The van der Waals surface area contributed by atoms with Crippen LogP contribution < -0.4 is 5.73 Å². The van der Waals surface area contributed by atoms with Crippen molar-refractivity contribution in [3.05, 3.63) is 12.0 Å². The van der Waals surface area contributed by atoms with E-state index in [1.165, 1.54) is 0 Å². The molecule has 0 rings (SSSR count). The molecule has 4 nitrogen and oxygen atoms in total. The maximum absolute atomic E-state index is 8.02. The summed E-state index contributed by atoms with van der Waals surface area (Å²) in [7, 11) is 0. The molecule has 0 aromatic carbocycles. The van der Waals surface area contributed by atoms with Gasteiger partial charge in [0.1, 0.15) is 6.26 Å². The lowest BCUT2D eigenvalue weighted by atomic mass is 10.5. The Labute approximate surface area is 40.5 Å². The molecule has 0 aromatic heterocycles. The standard InChI is InChI=1S/C3H7NO3/c4-2(1-5)3(6)7/h1,3,5-7H,4H2/b2-1+. The smallest absolute Gasteiger partial charge is 0.196 e. The molecule has 0 saturated carbocycles. The van der Waals surface area contributed by atoms with Crippen LogP contribution in [0, 0.1) is 0 Å². The lowest BCUT2D eigenvalue weighted by Crippen LogP contribution is -2.15. The van der Waals surface area contributed by atoms with Gasteiger partial charge < -0.3 is 21.1 Å². The van der Waals surface area contributed by atoms with E-state index >= 15 is 0 Å². The Morgan fingerprint density at radius 3 is 2.00 bits per heavy atom. The maximum Gasteiger partial charge on any atom is 0.196 e. The number of rotatable bonds is 1. The summed E-state index contributed by atoms with van der Waals surface area (Å²) in [5, 5.41) is 23.9. The normalized spacial score (nSPS) is 12.7. The highest BCUT2D eigenvalue weighted by molar-refractivity contribution is 4.92. The zero-order valence-corrected chi connectivity index (χ0v) is 3.57. The molecule has 0 radical (unpaired) electrons. The van der Waals surface area contributed by atoms with E-state index < -0.39 is 6.29 Å². The number of nitrogens with two attached hydrogens (primary N) is 1. The van der Waals surface area contributed by atoms with Crippen molar-refractivity contribution in [2.75, 3.05) is 0 Å². The highest BCUT2D eigenvalue weighted by atomic mass is 16.5. The summed E-state index contributed by atoms with van der Waals surface area (Å²) >= 11 is 0. The Balaban J connectivity index is 3.56. The van der Waals surface area contributed by atoms with E-state index in [0.717, 1.165) is 0 Å². The maximum atomic E-state index is 8.02. The molecule has 0 aromatic rings. The molecule has 5 N–H and O–H groups in total. The van der Waals surface area contributed by atoms with Crippen LogP contribution in [0.15, 0.2) is 12.0 Å². The predicted octanol–water partition coefficient (Wildman–Crippen LogP) is -1.34. The van der Waals surface area contributed by atoms with Gasteiger partial charge in [0.25, 0.3) is 0 Å². The van der Waals surface area contributed by atoms with Crippen LogP contribution in [0.5, 0.6) is 0 Å². The highest BCUT2D eigenvalue weighted by Gasteiger charge is 1.97. The molecule has 0 aliphatic carbocycles. The van der Waals surface area contributed by atoms with E-state index in [1.807, 2.05) is 0 Å². The molecule has 42 valence electrons. The van der Waals surface area contributed by atoms with Crippen molar-refractivity contribution in [1.82, 2.24) is 0 Å². The van der Waals surface area contributed by atoms with Gasteiger partial charge in [0, 0.05) is 0 Å². The number of aliphatic hydroxyl groups excluding tert-OH is 2. The van der Waals surface area contributed by atoms with Crippen molar-refractivity contribution in [1.29, 1.82) is 0 Å². The van der Waals surface area contributed by atoms with Gasteiger partial charge in [0.05, 0.1) is 5.70 Å².